The number of unbranched alkanes of at least 4 members (excludes halogenated alkanes) is 9. The van der Waals surface area contributed by atoms with Crippen molar-refractivity contribution in [3.05, 3.63) is 89.5 Å². The molecule has 1 N–H and O–H groups in total. The summed E-state index contributed by atoms with van der Waals surface area (Å²) in [5.74, 6) is 0.511. The first-order valence-corrected chi connectivity index (χ1v) is 15.1. The molecule has 0 aliphatic rings. The molecule has 0 heterocycles. The fourth-order valence-corrected chi connectivity index (χ4v) is 4.45. The van der Waals surface area contributed by atoms with Crippen LogP contribution < -0.4 is 14.2 Å². The lowest BCUT2D eigenvalue weighted by molar-refractivity contribution is 0.0719. The zero-order chi connectivity index (χ0) is 29.1. The number of ether oxygens (including phenoxy) is 3. The lowest BCUT2D eigenvalue weighted by Gasteiger charge is -2.09. The van der Waals surface area contributed by atoms with Crippen LogP contribution in [0.5, 0.6) is 17.2 Å². The summed E-state index contributed by atoms with van der Waals surface area (Å²) in [4.78, 5) is 25.1. The van der Waals surface area contributed by atoms with E-state index in [0.717, 1.165) is 32.1 Å². The molecule has 0 spiro atoms. The van der Waals surface area contributed by atoms with Gasteiger partial charge in [-0.1, -0.05) is 64.0 Å². The standard InChI is InChI=1S/C35H44O6/c1-2-3-4-5-6-7-10-13-28-14-16-29(17-15-28)34(37)40-32-22-24-33(25-23-32)41-35(38)30-18-20-31(21-19-30)39-27-12-9-8-11-26-36/h14-25,36H,2-13,26-27H2,1H3. The fraction of sp³-hybridized carbons (Fsp3) is 0.429. The Bertz CT molecular complexity index is 1150. The van der Waals surface area contributed by atoms with Crippen molar-refractivity contribution in [2.45, 2.75) is 84.0 Å². The smallest absolute Gasteiger partial charge is 0.343 e. The molecule has 0 bridgehead atoms. The van der Waals surface area contributed by atoms with Crippen molar-refractivity contribution in [3.8, 4) is 17.2 Å². The maximum absolute atomic E-state index is 12.6. The minimum Gasteiger partial charge on any atom is -0.494 e. The molecule has 3 aromatic rings. The number of esters is 2. The van der Waals surface area contributed by atoms with Gasteiger partial charge in [-0.25, -0.2) is 9.59 Å². The summed E-state index contributed by atoms with van der Waals surface area (Å²) in [6.07, 6.45) is 13.7. The maximum Gasteiger partial charge on any atom is 0.343 e. The van der Waals surface area contributed by atoms with Gasteiger partial charge < -0.3 is 19.3 Å². The van der Waals surface area contributed by atoms with E-state index in [4.69, 9.17) is 19.3 Å². The van der Waals surface area contributed by atoms with Crippen molar-refractivity contribution >= 4 is 11.9 Å². The Balaban J connectivity index is 1.39. The normalized spacial score (nSPS) is 10.8. The molecule has 0 unspecified atom stereocenters. The van der Waals surface area contributed by atoms with Crippen LogP contribution in [0.2, 0.25) is 0 Å². The molecule has 3 aromatic carbocycles. The monoisotopic (exact) mass is 560 g/mol. The highest BCUT2D eigenvalue weighted by Gasteiger charge is 2.11. The Morgan fingerprint density at radius 3 is 1.59 bits per heavy atom. The number of carbonyl (C=O) groups is 2. The zero-order valence-corrected chi connectivity index (χ0v) is 24.3. The molecule has 0 atom stereocenters. The lowest BCUT2D eigenvalue weighted by Crippen LogP contribution is -2.09. The number of hydrogen-bond acceptors (Lipinski definition) is 6. The summed E-state index contributed by atoms with van der Waals surface area (Å²) < 4.78 is 16.7. The van der Waals surface area contributed by atoms with Gasteiger partial charge in [-0.2, -0.15) is 0 Å². The summed E-state index contributed by atoms with van der Waals surface area (Å²) in [7, 11) is 0. The van der Waals surface area contributed by atoms with Gasteiger partial charge in [-0.3, -0.25) is 0 Å². The molecule has 220 valence electrons. The van der Waals surface area contributed by atoms with Gasteiger partial charge in [0.25, 0.3) is 0 Å². The molecule has 6 heteroatoms. The van der Waals surface area contributed by atoms with Crippen LogP contribution in [0.15, 0.2) is 72.8 Å². The third kappa shape index (κ3) is 12.2. The lowest BCUT2D eigenvalue weighted by atomic mass is 10.0. The summed E-state index contributed by atoms with van der Waals surface area (Å²) >= 11 is 0. The predicted molar refractivity (Wildman–Crippen MR) is 162 cm³/mol. The number of aryl methyl sites for hydroxylation is 1. The second-order valence-corrected chi connectivity index (χ2v) is 10.3. The Hall–Kier alpha value is -3.64. The number of aliphatic hydroxyl groups is 1. The number of carbonyl (C=O) groups excluding carboxylic acids is 2. The van der Waals surface area contributed by atoms with Crippen LogP contribution in [-0.2, 0) is 6.42 Å². The number of rotatable bonds is 19. The molecule has 0 radical (unpaired) electrons. The van der Waals surface area contributed by atoms with Crippen molar-refractivity contribution < 1.29 is 28.9 Å². The molecule has 0 aliphatic heterocycles. The van der Waals surface area contributed by atoms with Gasteiger partial charge in [0.05, 0.1) is 17.7 Å². The molecule has 0 aromatic heterocycles. The SMILES string of the molecule is CCCCCCCCCc1ccc(C(=O)Oc2ccc(OC(=O)c3ccc(OCCCCCCO)cc3)cc2)cc1. The van der Waals surface area contributed by atoms with Crippen LogP contribution >= 0.6 is 0 Å². The van der Waals surface area contributed by atoms with Crippen LogP contribution in [-0.4, -0.2) is 30.3 Å². The Morgan fingerprint density at radius 1 is 0.561 bits per heavy atom. The van der Waals surface area contributed by atoms with E-state index in [1.807, 2.05) is 24.3 Å². The second-order valence-electron chi connectivity index (χ2n) is 10.3. The highest BCUT2D eigenvalue weighted by Crippen LogP contribution is 2.21. The highest BCUT2D eigenvalue weighted by atomic mass is 16.5. The van der Waals surface area contributed by atoms with E-state index in [2.05, 4.69) is 6.92 Å². The molecule has 6 nitrogen and oxygen atoms in total. The zero-order valence-electron chi connectivity index (χ0n) is 24.3. The third-order valence-electron chi connectivity index (χ3n) is 6.91. The fourth-order valence-electron chi connectivity index (χ4n) is 4.45. The van der Waals surface area contributed by atoms with E-state index in [9.17, 15) is 9.59 Å². The van der Waals surface area contributed by atoms with E-state index in [1.165, 1.54) is 50.5 Å². The van der Waals surface area contributed by atoms with E-state index in [1.54, 1.807) is 48.5 Å². The van der Waals surface area contributed by atoms with Gasteiger partial charge in [0.15, 0.2) is 0 Å². The summed E-state index contributed by atoms with van der Waals surface area (Å²) in [5.41, 5.74) is 2.14. The van der Waals surface area contributed by atoms with Crippen molar-refractivity contribution in [3.63, 3.8) is 0 Å². The number of benzene rings is 3. The van der Waals surface area contributed by atoms with E-state index >= 15 is 0 Å². The first-order chi connectivity index (χ1) is 20.1. The van der Waals surface area contributed by atoms with Crippen LogP contribution in [0.4, 0.5) is 0 Å². The van der Waals surface area contributed by atoms with Gasteiger partial charge in [0.2, 0.25) is 0 Å². The minimum atomic E-state index is -0.484. The molecular formula is C35H44O6. The summed E-state index contributed by atoms with van der Waals surface area (Å²) in [5, 5.41) is 8.81. The van der Waals surface area contributed by atoms with E-state index in [0.29, 0.717) is 35.0 Å². The molecule has 41 heavy (non-hydrogen) atoms. The Labute approximate surface area is 244 Å². The molecule has 0 saturated carbocycles. The van der Waals surface area contributed by atoms with Crippen molar-refractivity contribution in [1.29, 1.82) is 0 Å². The van der Waals surface area contributed by atoms with Gasteiger partial charge >= 0.3 is 11.9 Å². The van der Waals surface area contributed by atoms with Crippen LogP contribution in [0.3, 0.4) is 0 Å². The Kier molecular flexibility index (Phi) is 14.5. The first kappa shape index (κ1) is 31.9. The van der Waals surface area contributed by atoms with Crippen molar-refractivity contribution in [1.82, 2.24) is 0 Å². The highest BCUT2D eigenvalue weighted by molar-refractivity contribution is 5.92. The molecule has 0 saturated heterocycles. The van der Waals surface area contributed by atoms with Gasteiger partial charge in [0, 0.05) is 6.61 Å². The topological polar surface area (TPSA) is 82.1 Å². The third-order valence-corrected chi connectivity index (χ3v) is 6.91. The van der Waals surface area contributed by atoms with Crippen LogP contribution in [0, 0.1) is 0 Å². The van der Waals surface area contributed by atoms with Gasteiger partial charge in [-0.15, -0.1) is 0 Å². The summed E-state index contributed by atoms with van der Waals surface area (Å²) in [6.45, 7) is 3.06. The molecule has 0 fully saturated rings. The number of aliphatic hydroxyl groups excluding tert-OH is 1. The second kappa shape index (κ2) is 18.7. The summed E-state index contributed by atoms with van der Waals surface area (Å²) in [6, 6.07) is 20.8. The molecule has 0 aliphatic carbocycles. The average molecular weight is 561 g/mol. The van der Waals surface area contributed by atoms with E-state index in [-0.39, 0.29) is 6.61 Å². The largest absolute Gasteiger partial charge is 0.494 e. The van der Waals surface area contributed by atoms with Crippen molar-refractivity contribution in [2.24, 2.45) is 0 Å². The molecule has 0 amide bonds. The predicted octanol–water partition coefficient (Wildman–Crippen LogP) is 8.35. The maximum atomic E-state index is 12.6. The van der Waals surface area contributed by atoms with Gasteiger partial charge in [-0.05, 0) is 98.3 Å². The van der Waals surface area contributed by atoms with Crippen LogP contribution in [0.25, 0.3) is 0 Å². The molecule has 3 rings (SSSR count). The number of hydrogen-bond donors (Lipinski definition) is 1. The van der Waals surface area contributed by atoms with Crippen LogP contribution in [0.1, 0.15) is 104 Å². The van der Waals surface area contributed by atoms with Gasteiger partial charge in [0.1, 0.15) is 17.2 Å². The quantitative estimate of drug-likeness (QED) is 0.0901. The van der Waals surface area contributed by atoms with Crippen molar-refractivity contribution in [2.75, 3.05) is 13.2 Å². The first-order valence-electron chi connectivity index (χ1n) is 15.1. The molecular weight excluding hydrogens is 516 g/mol. The average Bonchev–Trinajstić information content (AvgIpc) is 3.00. The van der Waals surface area contributed by atoms with E-state index < -0.39 is 11.9 Å². The Morgan fingerprint density at radius 2 is 1.02 bits per heavy atom. The minimum absolute atomic E-state index is 0.227.